The van der Waals surface area contributed by atoms with Crippen LogP contribution in [0.5, 0.6) is 23.0 Å². The number of carbonyl (C=O) groups is 1. The molecule has 2 aliphatic heterocycles. The molecule has 2 heterocycles. The molecule has 0 unspecified atom stereocenters. The van der Waals surface area contributed by atoms with Gasteiger partial charge in [0.2, 0.25) is 0 Å². The Hall–Kier alpha value is -3.51. The highest BCUT2D eigenvalue weighted by Crippen LogP contribution is 2.31. The topological polar surface area (TPSA) is 234 Å². The minimum absolute atomic E-state index is 0.0649. The molecule has 0 bridgehead atoms. The summed E-state index contributed by atoms with van der Waals surface area (Å²) in [6, 6.07) is 8.61. The summed E-state index contributed by atoms with van der Waals surface area (Å²) in [4.78, 5) is 12.5. The summed E-state index contributed by atoms with van der Waals surface area (Å²) in [6.45, 7) is 0.849. The Balaban J connectivity index is 1.44. The highest BCUT2D eigenvalue weighted by atomic mass is 16.7. The standard InChI is InChI=1S/C30H38O15/c1-14-23(35)25(37)26(38)30(43-14)45-28-24(36)21(13-42-22(34)8-5-15-4-7-18(32)20(12-15)40-2)44-29(27(28)39)41-10-9-16-3-6-17(31)19(33)11-16/h3-8,11-12,14,21,23-33,35-39H,9-10,13H2,1-2H3/b8-5+/t14-,21-,23+,24-,25+,26-,27-,28-,29-,30+/m1/s1. The summed E-state index contributed by atoms with van der Waals surface area (Å²) < 4.78 is 32.9. The summed E-state index contributed by atoms with van der Waals surface area (Å²) in [7, 11) is 1.38. The summed E-state index contributed by atoms with van der Waals surface area (Å²) in [5.74, 6) is -1.32. The average Bonchev–Trinajstić information content (AvgIpc) is 3.02. The third-order valence-corrected chi connectivity index (χ3v) is 7.46. The lowest BCUT2D eigenvalue weighted by Gasteiger charge is -2.45. The third-order valence-electron chi connectivity index (χ3n) is 7.46. The van der Waals surface area contributed by atoms with E-state index in [9.17, 15) is 45.6 Å². The summed E-state index contributed by atoms with van der Waals surface area (Å²) in [5.41, 5.74) is 1.11. The zero-order valence-electron chi connectivity index (χ0n) is 24.4. The molecule has 2 saturated heterocycles. The highest BCUT2D eigenvalue weighted by Gasteiger charge is 2.50. The Kier molecular flexibility index (Phi) is 11.6. The number of hydrogen-bond acceptors (Lipinski definition) is 15. The molecule has 2 aliphatic rings. The van der Waals surface area contributed by atoms with Crippen LogP contribution in [0.4, 0.5) is 0 Å². The molecule has 15 nitrogen and oxygen atoms in total. The Morgan fingerprint density at radius 3 is 2.29 bits per heavy atom. The van der Waals surface area contributed by atoms with Crippen LogP contribution in [0.1, 0.15) is 18.1 Å². The van der Waals surface area contributed by atoms with Gasteiger partial charge in [0.1, 0.15) is 49.3 Å². The van der Waals surface area contributed by atoms with Gasteiger partial charge in [-0.3, -0.25) is 0 Å². The number of carbonyl (C=O) groups excluding carboxylic acids is 1. The smallest absolute Gasteiger partial charge is 0.330 e. The quantitative estimate of drug-likeness (QED) is 0.0862. The van der Waals surface area contributed by atoms with Gasteiger partial charge in [0.15, 0.2) is 35.6 Å². The molecular weight excluding hydrogens is 600 g/mol. The second-order valence-corrected chi connectivity index (χ2v) is 10.6. The Morgan fingerprint density at radius 2 is 1.58 bits per heavy atom. The van der Waals surface area contributed by atoms with Crippen LogP contribution in [0.25, 0.3) is 6.08 Å². The lowest BCUT2D eigenvalue weighted by molar-refractivity contribution is -0.357. The third kappa shape index (κ3) is 8.40. The van der Waals surface area contributed by atoms with E-state index >= 15 is 0 Å². The molecule has 2 fully saturated rings. The Labute approximate surface area is 258 Å². The number of aliphatic hydroxyl groups is 5. The van der Waals surface area contributed by atoms with Crippen LogP contribution in [0.15, 0.2) is 42.5 Å². The SMILES string of the molecule is COc1cc(/C=C/C(=O)OC[C@H]2O[C@@H](OCCc3ccc(O)c(O)c3)[C@H](O)[C@H](O[C@@H]3O[C@H](C)[C@H](O)[C@H](O)[C@H]3O)[C@@H]2O)ccc1O. The Morgan fingerprint density at radius 1 is 0.844 bits per heavy atom. The number of aliphatic hydroxyl groups excluding tert-OH is 5. The first kappa shape index (κ1) is 34.4. The van der Waals surface area contributed by atoms with Crippen LogP contribution in [-0.4, -0.2) is 129 Å². The van der Waals surface area contributed by atoms with Crippen LogP contribution in [0, 0.1) is 0 Å². The molecule has 4 rings (SSSR count). The number of phenolic OH excluding ortho intramolecular Hbond substituents is 3. The van der Waals surface area contributed by atoms with Gasteiger partial charge < -0.3 is 69.3 Å². The van der Waals surface area contributed by atoms with E-state index in [0.29, 0.717) is 11.1 Å². The fourth-order valence-corrected chi connectivity index (χ4v) is 4.81. The van der Waals surface area contributed by atoms with E-state index in [4.69, 9.17) is 28.4 Å². The van der Waals surface area contributed by atoms with Crippen molar-refractivity contribution in [3.8, 4) is 23.0 Å². The molecule has 0 saturated carbocycles. The second kappa shape index (κ2) is 15.2. The molecule has 2 aromatic carbocycles. The van der Waals surface area contributed by atoms with E-state index in [2.05, 4.69) is 0 Å². The van der Waals surface area contributed by atoms with Gasteiger partial charge in [-0.2, -0.15) is 0 Å². The van der Waals surface area contributed by atoms with E-state index < -0.39 is 74.0 Å². The molecule has 0 aromatic heterocycles. The van der Waals surface area contributed by atoms with Crippen LogP contribution in [0.3, 0.4) is 0 Å². The molecule has 248 valence electrons. The number of hydrogen-bond donors (Lipinski definition) is 8. The molecule has 8 N–H and O–H groups in total. The van der Waals surface area contributed by atoms with E-state index in [1.807, 2.05) is 0 Å². The average molecular weight is 639 g/mol. The predicted octanol–water partition coefficient (Wildman–Crippen LogP) is -0.713. The van der Waals surface area contributed by atoms with Gasteiger partial charge in [0.25, 0.3) is 0 Å². The van der Waals surface area contributed by atoms with Gasteiger partial charge in [-0.15, -0.1) is 0 Å². The number of phenols is 3. The number of esters is 1. The van der Waals surface area contributed by atoms with Gasteiger partial charge in [0, 0.05) is 6.08 Å². The summed E-state index contributed by atoms with van der Waals surface area (Å²) >= 11 is 0. The lowest BCUT2D eigenvalue weighted by atomic mass is 9.97. The summed E-state index contributed by atoms with van der Waals surface area (Å²) in [5, 5.41) is 81.7. The van der Waals surface area contributed by atoms with E-state index in [-0.39, 0.29) is 36.0 Å². The van der Waals surface area contributed by atoms with Crippen LogP contribution >= 0.6 is 0 Å². The summed E-state index contributed by atoms with van der Waals surface area (Å²) in [6.07, 6.45) is -12.2. The fourth-order valence-electron chi connectivity index (χ4n) is 4.81. The maximum atomic E-state index is 12.5. The largest absolute Gasteiger partial charge is 0.504 e. The van der Waals surface area contributed by atoms with Crippen molar-refractivity contribution < 1.29 is 74.1 Å². The van der Waals surface area contributed by atoms with Gasteiger partial charge in [-0.25, -0.2) is 4.79 Å². The molecular formula is C30H38O15. The van der Waals surface area contributed by atoms with Crippen LogP contribution in [-0.2, 0) is 34.9 Å². The minimum atomic E-state index is -1.74. The molecule has 10 atom stereocenters. The highest BCUT2D eigenvalue weighted by molar-refractivity contribution is 5.87. The van der Waals surface area contributed by atoms with Gasteiger partial charge in [0.05, 0.1) is 19.8 Å². The van der Waals surface area contributed by atoms with Gasteiger partial charge in [-0.05, 0) is 54.8 Å². The maximum absolute atomic E-state index is 12.5. The van der Waals surface area contributed by atoms with Crippen molar-refractivity contribution in [1.82, 2.24) is 0 Å². The molecule has 0 aliphatic carbocycles. The van der Waals surface area contributed by atoms with Crippen molar-refractivity contribution in [1.29, 1.82) is 0 Å². The van der Waals surface area contributed by atoms with Gasteiger partial charge in [-0.1, -0.05) is 12.1 Å². The van der Waals surface area contributed by atoms with E-state index in [1.54, 1.807) is 12.1 Å². The van der Waals surface area contributed by atoms with Gasteiger partial charge >= 0.3 is 5.97 Å². The monoisotopic (exact) mass is 638 g/mol. The second-order valence-electron chi connectivity index (χ2n) is 10.6. The first-order valence-corrected chi connectivity index (χ1v) is 14.1. The zero-order chi connectivity index (χ0) is 32.8. The van der Waals surface area contributed by atoms with Crippen molar-refractivity contribution in [2.24, 2.45) is 0 Å². The number of benzene rings is 2. The molecule has 0 spiro atoms. The maximum Gasteiger partial charge on any atom is 0.330 e. The number of ether oxygens (including phenoxy) is 6. The first-order chi connectivity index (χ1) is 21.4. The molecule has 15 heteroatoms. The zero-order valence-corrected chi connectivity index (χ0v) is 24.4. The molecule has 2 aromatic rings. The lowest BCUT2D eigenvalue weighted by Crippen LogP contribution is -2.64. The van der Waals surface area contributed by atoms with Crippen molar-refractivity contribution in [3.63, 3.8) is 0 Å². The van der Waals surface area contributed by atoms with Crippen molar-refractivity contribution >= 4 is 12.0 Å². The normalized spacial score (nSPS) is 32.0. The minimum Gasteiger partial charge on any atom is -0.504 e. The Bertz CT molecular complexity index is 1320. The van der Waals surface area contributed by atoms with E-state index in [1.165, 1.54) is 44.4 Å². The van der Waals surface area contributed by atoms with E-state index in [0.717, 1.165) is 6.08 Å². The molecule has 0 radical (unpaired) electrons. The van der Waals surface area contributed by atoms with Crippen LogP contribution < -0.4 is 4.74 Å². The molecule has 45 heavy (non-hydrogen) atoms. The van der Waals surface area contributed by atoms with Crippen molar-refractivity contribution in [2.45, 2.75) is 74.8 Å². The van der Waals surface area contributed by atoms with Crippen LogP contribution in [0.2, 0.25) is 0 Å². The van der Waals surface area contributed by atoms with Crippen molar-refractivity contribution in [3.05, 3.63) is 53.6 Å². The fraction of sp³-hybridized carbons (Fsp3) is 0.500. The predicted molar refractivity (Wildman–Crippen MR) is 152 cm³/mol. The number of methoxy groups -OCH3 is 1. The molecule has 0 amide bonds. The number of rotatable bonds is 11. The first-order valence-electron chi connectivity index (χ1n) is 14.1. The van der Waals surface area contributed by atoms with Crippen molar-refractivity contribution in [2.75, 3.05) is 20.3 Å². The number of aromatic hydroxyl groups is 3.